The van der Waals surface area contributed by atoms with Crippen molar-refractivity contribution in [2.75, 3.05) is 0 Å². The maximum Gasteiger partial charge on any atom is 0.408 e. The van der Waals surface area contributed by atoms with E-state index in [1.165, 1.54) is 0 Å². The van der Waals surface area contributed by atoms with Crippen LogP contribution < -0.4 is 5.32 Å². The van der Waals surface area contributed by atoms with Gasteiger partial charge in [-0.25, -0.2) is 4.79 Å². The molecule has 1 aliphatic carbocycles. The van der Waals surface area contributed by atoms with Crippen LogP contribution in [0.4, 0.5) is 4.79 Å². The quantitative estimate of drug-likeness (QED) is 0.794. The van der Waals surface area contributed by atoms with Crippen molar-refractivity contribution in [2.24, 2.45) is 0 Å². The smallest absolute Gasteiger partial charge is 0.408 e. The summed E-state index contributed by atoms with van der Waals surface area (Å²) in [4.78, 5) is 11.6. The number of hydrogen-bond acceptors (Lipinski definition) is 4. The molecule has 16 heavy (non-hydrogen) atoms. The van der Waals surface area contributed by atoms with Crippen molar-refractivity contribution in [2.45, 2.75) is 44.8 Å². The summed E-state index contributed by atoms with van der Waals surface area (Å²) in [5.41, 5.74) is -0.0855. The molecule has 2 N–H and O–H groups in total. The molecule has 6 heteroatoms. The molecule has 1 aliphatic rings. The molecule has 2 rings (SSSR count). The number of amides is 1. The Labute approximate surface area is 93.8 Å². The molecule has 1 fully saturated rings. The van der Waals surface area contributed by atoms with Crippen LogP contribution in [0.1, 0.15) is 39.3 Å². The Morgan fingerprint density at radius 3 is 2.69 bits per heavy atom. The van der Waals surface area contributed by atoms with Crippen molar-refractivity contribution in [1.29, 1.82) is 0 Å². The zero-order chi connectivity index (χ0) is 11.8. The number of ether oxygens (including phenoxy) is 1. The van der Waals surface area contributed by atoms with E-state index < -0.39 is 11.7 Å². The first-order valence-corrected chi connectivity index (χ1v) is 5.29. The second kappa shape index (κ2) is 3.47. The summed E-state index contributed by atoms with van der Waals surface area (Å²) < 4.78 is 5.20. The first-order chi connectivity index (χ1) is 7.41. The summed E-state index contributed by atoms with van der Waals surface area (Å²) in [6.45, 7) is 5.51. The average molecular weight is 224 g/mol. The lowest BCUT2D eigenvalue weighted by Gasteiger charge is -2.22. The maximum absolute atomic E-state index is 11.6. The Balaban J connectivity index is 1.98. The Bertz CT molecular complexity index is 376. The fraction of sp³-hybridized carbons (Fsp3) is 0.700. The molecule has 0 atom stereocenters. The molecule has 1 saturated carbocycles. The van der Waals surface area contributed by atoms with Gasteiger partial charge in [0.25, 0.3) is 0 Å². The Kier molecular flexibility index (Phi) is 2.36. The zero-order valence-corrected chi connectivity index (χ0v) is 9.70. The molecule has 0 radical (unpaired) electrons. The topological polar surface area (TPSA) is 79.9 Å². The molecule has 1 amide bonds. The molecule has 0 aliphatic heterocycles. The van der Waals surface area contributed by atoms with Crippen molar-refractivity contribution < 1.29 is 9.53 Å². The number of carbonyl (C=O) groups is 1. The first kappa shape index (κ1) is 10.9. The summed E-state index contributed by atoms with van der Waals surface area (Å²) in [5, 5.41) is 13.1. The molecular formula is C10H16N4O2. The van der Waals surface area contributed by atoms with E-state index in [-0.39, 0.29) is 5.54 Å². The van der Waals surface area contributed by atoms with E-state index in [9.17, 15) is 4.79 Å². The van der Waals surface area contributed by atoms with E-state index in [0.29, 0.717) is 0 Å². The van der Waals surface area contributed by atoms with Crippen molar-refractivity contribution >= 4 is 6.09 Å². The van der Waals surface area contributed by atoms with Gasteiger partial charge in [-0.05, 0) is 33.6 Å². The summed E-state index contributed by atoms with van der Waals surface area (Å²) in [5.74, 6) is 0. The third-order valence-corrected chi connectivity index (χ3v) is 2.40. The summed E-state index contributed by atoms with van der Waals surface area (Å²) in [7, 11) is 0. The minimum atomic E-state index is -0.482. The van der Waals surface area contributed by atoms with Crippen LogP contribution in [0.15, 0.2) is 6.20 Å². The van der Waals surface area contributed by atoms with E-state index in [1.54, 1.807) is 6.20 Å². The van der Waals surface area contributed by atoms with Crippen molar-refractivity contribution in [1.82, 2.24) is 20.7 Å². The van der Waals surface area contributed by atoms with Crippen LogP contribution in [0.2, 0.25) is 0 Å². The normalized spacial score (nSPS) is 17.9. The number of nitrogens with zero attached hydrogens (tertiary/aromatic N) is 2. The van der Waals surface area contributed by atoms with Crippen molar-refractivity contribution in [3.05, 3.63) is 11.9 Å². The van der Waals surface area contributed by atoms with Crippen LogP contribution in [-0.4, -0.2) is 27.1 Å². The van der Waals surface area contributed by atoms with Gasteiger partial charge in [0.1, 0.15) is 11.3 Å². The van der Waals surface area contributed by atoms with E-state index in [4.69, 9.17) is 4.74 Å². The second-order valence-electron chi connectivity index (χ2n) is 5.06. The molecule has 0 aromatic carbocycles. The lowest BCUT2D eigenvalue weighted by Crippen LogP contribution is -2.39. The summed E-state index contributed by atoms with van der Waals surface area (Å²) in [6, 6.07) is 0. The predicted molar refractivity (Wildman–Crippen MR) is 56.7 cm³/mol. The van der Waals surface area contributed by atoms with Crippen LogP contribution in [0.3, 0.4) is 0 Å². The summed E-state index contributed by atoms with van der Waals surface area (Å²) in [6.07, 6.45) is 2.97. The number of alkyl carbamates (subject to hydrolysis) is 1. The molecule has 1 heterocycles. The van der Waals surface area contributed by atoms with Crippen LogP contribution in [0, 0.1) is 0 Å². The highest BCUT2D eigenvalue weighted by molar-refractivity contribution is 5.69. The van der Waals surface area contributed by atoms with Gasteiger partial charge in [-0.2, -0.15) is 15.4 Å². The molecule has 1 aromatic rings. The molecule has 1 aromatic heterocycles. The van der Waals surface area contributed by atoms with Gasteiger partial charge in [-0.15, -0.1) is 0 Å². The minimum Gasteiger partial charge on any atom is -0.444 e. The van der Waals surface area contributed by atoms with Crippen LogP contribution in [0.5, 0.6) is 0 Å². The number of hydrogen-bond donors (Lipinski definition) is 2. The largest absolute Gasteiger partial charge is 0.444 e. The third kappa shape index (κ3) is 2.32. The van der Waals surface area contributed by atoms with Gasteiger partial charge in [0.15, 0.2) is 0 Å². The third-order valence-electron chi connectivity index (χ3n) is 2.40. The van der Waals surface area contributed by atoms with E-state index in [0.717, 1.165) is 18.5 Å². The molecule has 88 valence electrons. The van der Waals surface area contributed by atoms with Gasteiger partial charge in [0.2, 0.25) is 0 Å². The van der Waals surface area contributed by atoms with Crippen molar-refractivity contribution in [3.8, 4) is 0 Å². The Hall–Kier alpha value is -1.59. The molecule has 0 saturated heterocycles. The fourth-order valence-corrected chi connectivity index (χ4v) is 1.50. The van der Waals surface area contributed by atoms with Gasteiger partial charge in [-0.1, -0.05) is 0 Å². The van der Waals surface area contributed by atoms with Gasteiger partial charge >= 0.3 is 6.09 Å². The lowest BCUT2D eigenvalue weighted by atomic mass is 10.2. The predicted octanol–water partition coefficient (Wildman–Crippen LogP) is 1.32. The zero-order valence-electron chi connectivity index (χ0n) is 9.70. The SMILES string of the molecule is CC(C)(C)OC(=O)NC1(c2cn[nH]n2)CC1. The highest BCUT2D eigenvalue weighted by atomic mass is 16.6. The van der Waals surface area contributed by atoms with E-state index >= 15 is 0 Å². The van der Waals surface area contributed by atoms with E-state index in [1.807, 2.05) is 20.8 Å². The average Bonchev–Trinajstić information content (AvgIpc) is 2.71. The van der Waals surface area contributed by atoms with Crippen LogP contribution in [-0.2, 0) is 10.3 Å². The molecule has 0 spiro atoms. The maximum atomic E-state index is 11.6. The molecule has 0 unspecified atom stereocenters. The minimum absolute atomic E-state index is 0.366. The second-order valence-corrected chi connectivity index (χ2v) is 5.06. The molecular weight excluding hydrogens is 208 g/mol. The van der Waals surface area contributed by atoms with Gasteiger partial charge in [-0.3, -0.25) is 0 Å². The van der Waals surface area contributed by atoms with E-state index in [2.05, 4.69) is 20.7 Å². The number of rotatable bonds is 2. The highest BCUT2D eigenvalue weighted by Crippen LogP contribution is 2.44. The lowest BCUT2D eigenvalue weighted by molar-refractivity contribution is 0.0494. The molecule has 6 nitrogen and oxygen atoms in total. The van der Waals surface area contributed by atoms with Gasteiger partial charge in [0, 0.05) is 0 Å². The number of carbonyl (C=O) groups excluding carboxylic acids is 1. The Morgan fingerprint density at radius 2 is 2.25 bits per heavy atom. The molecule has 0 bridgehead atoms. The highest BCUT2D eigenvalue weighted by Gasteiger charge is 2.48. The van der Waals surface area contributed by atoms with Gasteiger partial charge < -0.3 is 10.1 Å². The number of nitrogens with one attached hydrogen (secondary N) is 2. The van der Waals surface area contributed by atoms with Gasteiger partial charge in [0.05, 0.1) is 11.7 Å². The van der Waals surface area contributed by atoms with Crippen LogP contribution >= 0.6 is 0 Å². The monoisotopic (exact) mass is 224 g/mol. The standard InChI is InChI=1S/C10H16N4O2/c1-9(2,3)16-8(15)12-10(4-5-10)7-6-11-14-13-7/h6H,4-5H2,1-3H3,(H,12,15)(H,11,13,14). The number of aromatic amines is 1. The fourth-order valence-electron chi connectivity index (χ4n) is 1.50. The number of H-pyrrole nitrogens is 1. The van der Waals surface area contributed by atoms with Crippen molar-refractivity contribution in [3.63, 3.8) is 0 Å². The summed E-state index contributed by atoms with van der Waals surface area (Å²) >= 11 is 0. The Morgan fingerprint density at radius 1 is 1.56 bits per heavy atom. The number of aromatic nitrogens is 3. The first-order valence-electron chi connectivity index (χ1n) is 5.29. The van der Waals surface area contributed by atoms with Crippen LogP contribution in [0.25, 0.3) is 0 Å².